The van der Waals surface area contributed by atoms with E-state index in [1.807, 2.05) is 37.3 Å². The largest absolute Gasteiger partial charge is 0.355 e. The lowest BCUT2D eigenvalue weighted by Crippen LogP contribution is -2.44. The summed E-state index contributed by atoms with van der Waals surface area (Å²) in [5.41, 5.74) is 4.03. The van der Waals surface area contributed by atoms with E-state index in [1.54, 1.807) is 31.2 Å². The molecule has 1 N–H and O–H groups in total. The van der Waals surface area contributed by atoms with Crippen LogP contribution in [0.5, 0.6) is 0 Å². The van der Waals surface area contributed by atoms with Gasteiger partial charge in [-0.1, -0.05) is 48.0 Å². The number of hydroxylamine groups is 1. The normalized spacial score (nSPS) is 29.0. The molecule has 160 valence electrons. The second-order valence-electron chi connectivity index (χ2n) is 7.44. The summed E-state index contributed by atoms with van der Waals surface area (Å²) in [6.45, 7) is 3.69. The van der Waals surface area contributed by atoms with Crippen LogP contribution in [0.25, 0.3) is 0 Å². The standard InChI is InChI=1S/C21H24N2O6S/c1-13-9-11-16(12-10-13)30(25,26)23-14(2)17(15-7-5-4-6-8-15)29-21(23)19-18(28-19)20(24)22-27-3/h4-12,14,17-19,21H,1-3H3,(H,22,24)/t14-,17-,18-,19-,21-/m1/s1. The number of hydrogen-bond donors (Lipinski definition) is 1. The molecule has 0 saturated carbocycles. The quantitative estimate of drug-likeness (QED) is 0.553. The molecule has 2 aliphatic heterocycles. The van der Waals surface area contributed by atoms with Crippen molar-refractivity contribution in [2.45, 2.75) is 49.3 Å². The van der Waals surface area contributed by atoms with E-state index >= 15 is 0 Å². The second kappa shape index (κ2) is 8.09. The summed E-state index contributed by atoms with van der Waals surface area (Å²) in [5, 5.41) is 0. The molecule has 9 heteroatoms. The lowest BCUT2D eigenvalue weighted by atomic mass is 10.0. The molecule has 2 heterocycles. The molecule has 2 fully saturated rings. The van der Waals surface area contributed by atoms with E-state index in [4.69, 9.17) is 9.47 Å². The lowest BCUT2D eigenvalue weighted by Gasteiger charge is -2.25. The highest BCUT2D eigenvalue weighted by Crippen LogP contribution is 2.44. The highest BCUT2D eigenvalue weighted by molar-refractivity contribution is 7.89. The summed E-state index contributed by atoms with van der Waals surface area (Å²) in [7, 11) is -2.57. The number of benzene rings is 2. The Labute approximate surface area is 175 Å². The number of ether oxygens (including phenoxy) is 2. The molecule has 2 aliphatic rings. The zero-order valence-electron chi connectivity index (χ0n) is 16.9. The number of aryl methyl sites for hydroxylation is 1. The minimum absolute atomic E-state index is 0.167. The molecular weight excluding hydrogens is 408 g/mol. The zero-order valence-corrected chi connectivity index (χ0v) is 17.7. The summed E-state index contributed by atoms with van der Waals surface area (Å²) < 4.78 is 40.1. The first-order valence-corrected chi connectivity index (χ1v) is 11.1. The third-order valence-electron chi connectivity index (χ3n) is 5.37. The summed E-state index contributed by atoms with van der Waals surface area (Å²) in [6.07, 6.45) is -3.00. The van der Waals surface area contributed by atoms with Crippen LogP contribution in [-0.4, -0.2) is 50.2 Å². The van der Waals surface area contributed by atoms with E-state index in [1.165, 1.54) is 11.4 Å². The van der Waals surface area contributed by atoms with Crippen LogP contribution < -0.4 is 5.48 Å². The molecule has 0 bridgehead atoms. The van der Waals surface area contributed by atoms with Gasteiger partial charge in [0.25, 0.3) is 5.91 Å². The Morgan fingerprint density at radius 3 is 2.37 bits per heavy atom. The van der Waals surface area contributed by atoms with Gasteiger partial charge in [-0.2, -0.15) is 4.31 Å². The highest BCUT2D eigenvalue weighted by Gasteiger charge is 2.60. The Hall–Kier alpha value is -2.30. The predicted octanol–water partition coefficient (Wildman–Crippen LogP) is 1.92. The molecule has 5 atom stereocenters. The minimum Gasteiger partial charge on any atom is -0.355 e. The fourth-order valence-electron chi connectivity index (χ4n) is 3.81. The van der Waals surface area contributed by atoms with Gasteiger partial charge in [0, 0.05) is 0 Å². The van der Waals surface area contributed by atoms with Crippen molar-refractivity contribution in [1.29, 1.82) is 0 Å². The third-order valence-corrected chi connectivity index (χ3v) is 7.33. The van der Waals surface area contributed by atoms with Crippen molar-refractivity contribution in [3.63, 3.8) is 0 Å². The van der Waals surface area contributed by atoms with Crippen molar-refractivity contribution >= 4 is 15.9 Å². The number of sulfonamides is 1. The summed E-state index contributed by atoms with van der Waals surface area (Å²) in [6, 6.07) is 15.6. The number of hydrogen-bond acceptors (Lipinski definition) is 6. The van der Waals surface area contributed by atoms with Crippen LogP contribution >= 0.6 is 0 Å². The van der Waals surface area contributed by atoms with Gasteiger partial charge < -0.3 is 9.47 Å². The average Bonchev–Trinajstić information content (AvgIpc) is 3.45. The number of rotatable bonds is 6. The Morgan fingerprint density at radius 2 is 1.73 bits per heavy atom. The minimum atomic E-state index is -3.90. The van der Waals surface area contributed by atoms with Gasteiger partial charge in [0.2, 0.25) is 10.0 Å². The average molecular weight is 432 g/mol. The van der Waals surface area contributed by atoms with Gasteiger partial charge in [-0.3, -0.25) is 9.63 Å². The number of amides is 1. The third kappa shape index (κ3) is 3.75. The lowest BCUT2D eigenvalue weighted by molar-refractivity contribution is -0.132. The molecule has 0 aromatic heterocycles. The second-order valence-corrected chi connectivity index (χ2v) is 9.28. The van der Waals surface area contributed by atoms with Crippen molar-refractivity contribution in [3.8, 4) is 0 Å². The van der Waals surface area contributed by atoms with Gasteiger partial charge in [0.15, 0.2) is 12.3 Å². The molecule has 8 nitrogen and oxygen atoms in total. The smallest absolute Gasteiger partial charge is 0.275 e. The molecule has 2 aromatic rings. The Bertz CT molecular complexity index is 1010. The first-order chi connectivity index (χ1) is 14.3. The van der Waals surface area contributed by atoms with Crippen LogP contribution in [0.1, 0.15) is 24.2 Å². The van der Waals surface area contributed by atoms with Crippen LogP contribution in [0.3, 0.4) is 0 Å². The first-order valence-electron chi connectivity index (χ1n) is 9.63. The maximum atomic E-state index is 13.5. The molecule has 0 unspecified atom stereocenters. The van der Waals surface area contributed by atoms with Crippen molar-refractivity contribution in [1.82, 2.24) is 9.79 Å². The summed E-state index contributed by atoms with van der Waals surface area (Å²) >= 11 is 0. The van der Waals surface area contributed by atoms with Crippen molar-refractivity contribution in [2.24, 2.45) is 0 Å². The van der Waals surface area contributed by atoms with Gasteiger partial charge in [-0.15, -0.1) is 0 Å². The number of epoxide rings is 1. The number of carbonyl (C=O) groups is 1. The van der Waals surface area contributed by atoms with Gasteiger partial charge in [0.05, 0.1) is 18.0 Å². The summed E-state index contributed by atoms with van der Waals surface area (Å²) in [5.74, 6) is -0.477. The van der Waals surface area contributed by atoms with Gasteiger partial charge in [-0.05, 0) is 31.5 Å². The van der Waals surface area contributed by atoms with Gasteiger partial charge in [-0.25, -0.2) is 13.9 Å². The van der Waals surface area contributed by atoms with E-state index in [0.717, 1.165) is 11.1 Å². The molecule has 0 radical (unpaired) electrons. The van der Waals surface area contributed by atoms with E-state index < -0.39 is 46.5 Å². The van der Waals surface area contributed by atoms with Crippen LogP contribution in [0.4, 0.5) is 0 Å². The SMILES string of the molecule is CONC(=O)[C@@H]1O[C@H]1[C@H]1O[C@@H](c2ccccc2)[C@@H](C)N1S(=O)(=O)c1ccc(C)cc1. The number of nitrogens with zero attached hydrogens (tertiary/aromatic N) is 1. The Morgan fingerprint density at radius 1 is 1.07 bits per heavy atom. The maximum Gasteiger partial charge on any atom is 0.275 e. The van der Waals surface area contributed by atoms with Crippen LogP contribution in [-0.2, 0) is 29.1 Å². The number of carbonyl (C=O) groups excluding carboxylic acids is 1. The van der Waals surface area contributed by atoms with Gasteiger partial charge >= 0.3 is 0 Å². The van der Waals surface area contributed by atoms with Crippen molar-refractivity contribution in [3.05, 3.63) is 65.7 Å². The maximum absolute atomic E-state index is 13.5. The van der Waals surface area contributed by atoms with E-state index in [2.05, 4.69) is 10.3 Å². The Kier molecular flexibility index (Phi) is 5.65. The van der Waals surface area contributed by atoms with Crippen molar-refractivity contribution < 1.29 is 27.5 Å². The topological polar surface area (TPSA) is 97.5 Å². The molecule has 2 saturated heterocycles. The highest BCUT2D eigenvalue weighted by atomic mass is 32.2. The molecule has 4 rings (SSSR count). The fraction of sp³-hybridized carbons (Fsp3) is 0.381. The van der Waals surface area contributed by atoms with Crippen molar-refractivity contribution in [2.75, 3.05) is 7.11 Å². The predicted molar refractivity (Wildman–Crippen MR) is 108 cm³/mol. The Balaban J connectivity index is 1.69. The van der Waals surface area contributed by atoms with E-state index in [-0.39, 0.29) is 4.90 Å². The fourth-order valence-corrected chi connectivity index (χ4v) is 5.52. The molecule has 1 amide bonds. The number of nitrogens with one attached hydrogen (secondary N) is 1. The van der Waals surface area contributed by atoms with Gasteiger partial charge in [0.1, 0.15) is 12.2 Å². The molecular formula is C21H24N2O6S. The van der Waals surface area contributed by atoms with E-state index in [9.17, 15) is 13.2 Å². The van der Waals surface area contributed by atoms with Crippen LogP contribution in [0, 0.1) is 6.92 Å². The monoisotopic (exact) mass is 432 g/mol. The summed E-state index contributed by atoms with van der Waals surface area (Å²) in [4.78, 5) is 16.9. The first kappa shape index (κ1) is 21.0. The van der Waals surface area contributed by atoms with E-state index in [0.29, 0.717) is 0 Å². The molecule has 0 spiro atoms. The van der Waals surface area contributed by atoms with Crippen LogP contribution in [0.15, 0.2) is 59.5 Å². The zero-order chi connectivity index (χ0) is 21.5. The molecule has 0 aliphatic carbocycles. The molecule has 2 aromatic carbocycles. The van der Waals surface area contributed by atoms with Crippen LogP contribution in [0.2, 0.25) is 0 Å². The molecule has 30 heavy (non-hydrogen) atoms.